The number of rotatable bonds is 5. The fraction of sp³-hybridized carbons (Fsp3) is 0.0800. The monoisotopic (exact) mass is 510 g/mol. The van der Waals surface area contributed by atoms with E-state index in [1.165, 1.54) is 22.7 Å². The first-order valence-electron chi connectivity index (χ1n) is 10.3. The van der Waals surface area contributed by atoms with Crippen LogP contribution in [0.15, 0.2) is 78.9 Å². The minimum atomic E-state index is -0.535. The molecule has 4 aromatic carbocycles. The Labute approximate surface area is 209 Å². The summed E-state index contributed by atoms with van der Waals surface area (Å²) in [6.45, 7) is 0. The summed E-state index contributed by atoms with van der Waals surface area (Å²) in [5.74, 6) is 0.888. The molecule has 1 aliphatic rings. The Kier molecular flexibility index (Phi) is 6.08. The number of nitrogens with zero attached hydrogens (tertiary/aromatic N) is 2. The average Bonchev–Trinajstić information content (AvgIpc) is 3.23. The third-order valence-electron chi connectivity index (χ3n) is 5.51. The lowest BCUT2D eigenvalue weighted by Crippen LogP contribution is -2.28. The topological polar surface area (TPSA) is 72.7 Å². The van der Waals surface area contributed by atoms with Gasteiger partial charge in [0.05, 0.1) is 26.3 Å². The minimum absolute atomic E-state index is 0.0308. The fourth-order valence-corrected chi connectivity index (χ4v) is 5.62. The Morgan fingerprint density at radius 3 is 2.50 bits per heavy atom. The van der Waals surface area contributed by atoms with E-state index in [1.54, 1.807) is 42.5 Å². The number of ether oxygens (including phenoxy) is 1. The van der Waals surface area contributed by atoms with E-state index < -0.39 is 10.3 Å². The summed E-state index contributed by atoms with van der Waals surface area (Å²) < 4.78 is 5.99. The maximum atomic E-state index is 12.7. The molecular formula is C25H16Cl2N2O4S. The second-order valence-corrected chi connectivity index (χ2v) is 9.41. The molecule has 0 aliphatic carbocycles. The van der Waals surface area contributed by atoms with Gasteiger partial charge < -0.3 is 4.74 Å². The van der Waals surface area contributed by atoms with Gasteiger partial charge in [0.25, 0.3) is 5.69 Å². The van der Waals surface area contributed by atoms with Crippen LogP contribution in [-0.4, -0.2) is 16.6 Å². The highest BCUT2D eigenvalue weighted by atomic mass is 35.5. The summed E-state index contributed by atoms with van der Waals surface area (Å²) in [5.41, 5.74) is 0.958. The molecule has 5 rings (SSSR count). The molecule has 0 spiro atoms. The molecule has 0 saturated carbocycles. The molecule has 170 valence electrons. The number of nitro groups is 1. The van der Waals surface area contributed by atoms with Gasteiger partial charge in [-0.05, 0) is 35.7 Å². The number of hydrogen-bond acceptors (Lipinski definition) is 5. The summed E-state index contributed by atoms with van der Waals surface area (Å²) >= 11 is 14.4. The van der Waals surface area contributed by atoms with E-state index in [0.717, 1.165) is 10.8 Å². The molecule has 4 aromatic rings. The van der Waals surface area contributed by atoms with E-state index in [4.69, 9.17) is 27.9 Å². The van der Waals surface area contributed by atoms with Crippen LogP contribution in [0.25, 0.3) is 10.8 Å². The Bertz CT molecular complexity index is 1450. The molecule has 1 amide bonds. The number of amides is 1. The number of anilines is 1. The predicted molar refractivity (Wildman–Crippen MR) is 136 cm³/mol. The quantitative estimate of drug-likeness (QED) is 0.204. The highest BCUT2D eigenvalue weighted by Crippen LogP contribution is 2.46. The van der Waals surface area contributed by atoms with E-state index in [0.29, 0.717) is 27.8 Å². The molecule has 0 radical (unpaired) electrons. The molecule has 0 aromatic heterocycles. The van der Waals surface area contributed by atoms with Crippen LogP contribution in [0, 0.1) is 10.1 Å². The molecule has 1 saturated heterocycles. The summed E-state index contributed by atoms with van der Waals surface area (Å²) in [4.78, 5) is 25.4. The van der Waals surface area contributed by atoms with Crippen LogP contribution in [-0.2, 0) is 4.79 Å². The summed E-state index contributed by atoms with van der Waals surface area (Å²) in [7, 11) is 0. The van der Waals surface area contributed by atoms with E-state index in [-0.39, 0.29) is 22.4 Å². The Balaban J connectivity index is 1.47. The number of hydrogen-bond donors (Lipinski definition) is 0. The van der Waals surface area contributed by atoms with Gasteiger partial charge in [0.2, 0.25) is 5.91 Å². The highest BCUT2D eigenvalue weighted by Gasteiger charge is 2.37. The van der Waals surface area contributed by atoms with E-state index >= 15 is 0 Å². The Morgan fingerprint density at radius 2 is 1.71 bits per heavy atom. The smallest absolute Gasteiger partial charge is 0.275 e. The number of fused-ring (bicyclic) bond motifs is 1. The fourth-order valence-electron chi connectivity index (χ4n) is 3.93. The molecule has 0 unspecified atom stereocenters. The summed E-state index contributed by atoms with van der Waals surface area (Å²) in [6, 6.07) is 22.8. The second kappa shape index (κ2) is 9.18. The molecular weight excluding hydrogens is 495 g/mol. The van der Waals surface area contributed by atoms with Crippen molar-refractivity contribution in [2.24, 2.45) is 0 Å². The van der Waals surface area contributed by atoms with E-state index in [9.17, 15) is 14.9 Å². The summed E-state index contributed by atoms with van der Waals surface area (Å²) in [5, 5.41) is 13.6. The van der Waals surface area contributed by atoms with Crippen molar-refractivity contribution in [2.45, 2.75) is 5.37 Å². The van der Waals surface area contributed by atoms with E-state index in [2.05, 4.69) is 0 Å². The first-order chi connectivity index (χ1) is 16.4. The molecule has 0 N–H and O–H groups in total. The van der Waals surface area contributed by atoms with Gasteiger partial charge in [0, 0.05) is 17.1 Å². The minimum Gasteiger partial charge on any atom is -0.454 e. The lowest BCUT2D eigenvalue weighted by atomic mass is 10.1. The first kappa shape index (κ1) is 22.5. The number of carbonyl (C=O) groups excluding carboxylic acids is 1. The summed E-state index contributed by atoms with van der Waals surface area (Å²) in [6.07, 6.45) is 0. The van der Waals surface area contributed by atoms with Crippen molar-refractivity contribution in [1.82, 2.24) is 0 Å². The van der Waals surface area contributed by atoms with Gasteiger partial charge in [-0.25, -0.2) is 0 Å². The zero-order chi connectivity index (χ0) is 23.8. The molecule has 0 bridgehead atoms. The first-order valence-corrected chi connectivity index (χ1v) is 12.1. The number of benzene rings is 4. The van der Waals surface area contributed by atoms with Crippen molar-refractivity contribution >= 4 is 63.0 Å². The van der Waals surface area contributed by atoms with Crippen LogP contribution in [0.3, 0.4) is 0 Å². The van der Waals surface area contributed by atoms with Crippen LogP contribution in [0.5, 0.6) is 11.5 Å². The standard InChI is InChI=1S/C25H16Cl2N2O4S/c26-19-13-16(28-23(30)14-34-25(28)18-7-3-4-8-20(18)29(31)32)10-12-21(19)33-22-11-9-15-5-1-2-6-17(15)24(22)27/h1-13,25H,14H2/t25-/m1/s1. The lowest BCUT2D eigenvalue weighted by molar-refractivity contribution is -0.385. The van der Waals surface area contributed by atoms with Gasteiger partial charge in [-0.1, -0.05) is 65.7 Å². The van der Waals surface area contributed by atoms with Gasteiger partial charge in [0.1, 0.15) is 16.9 Å². The number of carbonyl (C=O) groups is 1. The predicted octanol–water partition coefficient (Wildman–Crippen LogP) is 7.63. The number of para-hydroxylation sites is 1. The van der Waals surface area contributed by atoms with Crippen molar-refractivity contribution in [3.05, 3.63) is 105 Å². The zero-order valence-electron chi connectivity index (χ0n) is 17.5. The van der Waals surface area contributed by atoms with Crippen LogP contribution in [0.2, 0.25) is 10.0 Å². The zero-order valence-corrected chi connectivity index (χ0v) is 19.8. The third kappa shape index (κ3) is 4.07. The van der Waals surface area contributed by atoms with Crippen molar-refractivity contribution in [3.8, 4) is 11.5 Å². The van der Waals surface area contributed by atoms with Crippen LogP contribution in [0.4, 0.5) is 11.4 Å². The third-order valence-corrected chi connectivity index (χ3v) is 7.39. The van der Waals surface area contributed by atoms with Gasteiger partial charge >= 0.3 is 0 Å². The Morgan fingerprint density at radius 1 is 0.971 bits per heavy atom. The van der Waals surface area contributed by atoms with Gasteiger partial charge in [-0.15, -0.1) is 11.8 Å². The van der Waals surface area contributed by atoms with Crippen LogP contribution < -0.4 is 9.64 Å². The molecule has 9 heteroatoms. The largest absolute Gasteiger partial charge is 0.454 e. The maximum absolute atomic E-state index is 12.7. The molecule has 6 nitrogen and oxygen atoms in total. The van der Waals surface area contributed by atoms with Crippen LogP contribution in [0.1, 0.15) is 10.9 Å². The van der Waals surface area contributed by atoms with Crippen molar-refractivity contribution in [3.63, 3.8) is 0 Å². The van der Waals surface area contributed by atoms with Gasteiger partial charge in [-0.2, -0.15) is 0 Å². The van der Waals surface area contributed by atoms with E-state index in [1.807, 2.05) is 30.3 Å². The van der Waals surface area contributed by atoms with Gasteiger partial charge in [0.15, 0.2) is 0 Å². The number of thioether (sulfide) groups is 1. The highest BCUT2D eigenvalue weighted by molar-refractivity contribution is 8.00. The normalized spacial score (nSPS) is 15.6. The molecule has 1 atom stereocenters. The number of halogens is 2. The van der Waals surface area contributed by atoms with Crippen molar-refractivity contribution < 1.29 is 14.5 Å². The molecule has 1 aliphatic heterocycles. The lowest BCUT2D eigenvalue weighted by Gasteiger charge is -2.24. The average molecular weight is 511 g/mol. The van der Waals surface area contributed by atoms with Crippen molar-refractivity contribution in [2.75, 3.05) is 10.7 Å². The Hall–Kier alpha value is -3.26. The SMILES string of the molecule is O=C1CS[C@H](c2ccccc2[N+](=O)[O-])N1c1ccc(Oc2ccc3ccccc3c2Cl)c(Cl)c1. The molecule has 1 fully saturated rings. The maximum Gasteiger partial charge on any atom is 0.275 e. The molecule has 1 heterocycles. The van der Waals surface area contributed by atoms with Crippen LogP contribution >= 0.6 is 35.0 Å². The van der Waals surface area contributed by atoms with Gasteiger partial charge in [-0.3, -0.25) is 19.8 Å². The van der Waals surface area contributed by atoms with Crippen molar-refractivity contribution in [1.29, 1.82) is 0 Å². The second-order valence-electron chi connectivity index (χ2n) is 7.56. The molecule has 34 heavy (non-hydrogen) atoms. The number of nitro benzene ring substituents is 1.